The van der Waals surface area contributed by atoms with Gasteiger partial charge < -0.3 is 20.1 Å². The first kappa shape index (κ1) is 26.5. The summed E-state index contributed by atoms with van der Waals surface area (Å²) in [6, 6.07) is 7.83. The highest BCUT2D eigenvalue weighted by molar-refractivity contribution is 9.10. The van der Waals surface area contributed by atoms with Crippen molar-refractivity contribution < 1.29 is 19.1 Å². The van der Waals surface area contributed by atoms with Crippen LogP contribution < -0.4 is 15.4 Å². The van der Waals surface area contributed by atoms with Gasteiger partial charge in [0.2, 0.25) is 5.88 Å². The predicted molar refractivity (Wildman–Crippen MR) is 144 cm³/mol. The van der Waals surface area contributed by atoms with Crippen molar-refractivity contribution in [2.24, 2.45) is 0 Å². The van der Waals surface area contributed by atoms with Crippen LogP contribution in [0, 0.1) is 0 Å². The average Bonchev–Trinajstić information content (AvgIpc) is 3.23. The van der Waals surface area contributed by atoms with Crippen molar-refractivity contribution in [1.29, 1.82) is 0 Å². The number of benzene rings is 1. The number of hydrogen-bond donors (Lipinski definition) is 2. The summed E-state index contributed by atoms with van der Waals surface area (Å²) in [7, 11) is 1.53. The van der Waals surface area contributed by atoms with E-state index in [-0.39, 0.29) is 46.3 Å². The van der Waals surface area contributed by atoms with E-state index in [1.165, 1.54) is 30.1 Å². The molecule has 1 aromatic carbocycles. The topological polar surface area (TPSA) is 107 Å². The van der Waals surface area contributed by atoms with Crippen LogP contribution in [0.1, 0.15) is 33.7 Å². The Morgan fingerprint density at radius 1 is 1.25 bits per heavy atom. The van der Waals surface area contributed by atoms with E-state index in [2.05, 4.69) is 36.6 Å². The average molecular weight is 613 g/mol. The van der Waals surface area contributed by atoms with Crippen LogP contribution in [-0.2, 0) is 4.74 Å². The smallest absolute Gasteiger partial charge is 0.274 e. The Morgan fingerprint density at radius 3 is 2.72 bits per heavy atom. The highest BCUT2D eigenvalue weighted by Crippen LogP contribution is 2.32. The fourth-order valence-electron chi connectivity index (χ4n) is 3.39. The highest BCUT2D eigenvalue weighted by atomic mass is 79.9. The molecule has 2 aromatic heterocycles. The molecule has 1 aliphatic carbocycles. The molecule has 1 saturated carbocycles. The molecule has 13 heteroatoms. The number of hydrogen-bond acceptors (Lipinski definition) is 7. The van der Waals surface area contributed by atoms with Crippen LogP contribution in [0.2, 0.25) is 10.0 Å². The number of halogens is 3. The van der Waals surface area contributed by atoms with E-state index in [1.807, 2.05) is 0 Å². The molecule has 2 amide bonds. The minimum atomic E-state index is -0.572. The van der Waals surface area contributed by atoms with Crippen LogP contribution in [0.15, 0.2) is 41.0 Å². The maximum atomic E-state index is 13.5. The molecule has 1 aliphatic rings. The lowest BCUT2D eigenvalue weighted by Crippen LogP contribution is -2.32. The Balaban J connectivity index is 1.68. The molecule has 0 radical (unpaired) electrons. The molecule has 1 fully saturated rings. The van der Waals surface area contributed by atoms with Gasteiger partial charge in [-0.2, -0.15) is 0 Å². The summed E-state index contributed by atoms with van der Waals surface area (Å²) in [4.78, 5) is 31.5. The number of amides is 2. The number of nitrogens with one attached hydrogen (secondary N) is 2. The van der Waals surface area contributed by atoms with Crippen LogP contribution in [0.4, 0.5) is 5.69 Å². The Kier molecular flexibility index (Phi) is 8.58. The number of thiocarbonyl (C=S) groups is 1. The monoisotopic (exact) mass is 611 g/mol. The van der Waals surface area contributed by atoms with Gasteiger partial charge in [0.15, 0.2) is 5.82 Å². The molecule has 0 atom stereocenters. The fourth-order valence-corrected chi connectivity index (χ4v) is 4.88. The van der Waals surface area contributed by atoms with Gasteiger partial charge in [-0.3, -0.25) is 9.59 Å². The van der Waals surface area contributed by atoms with Gasteiger partial charge >= 0.3 is 0 Å². The molecule has 2 N–H and O–H groups in total. The lowest BCUT2D eigenvalue weighted by Gasteiger charge is -2.26. The van der Waals surface area contributed by atoms with E-state index in [0.717, 1.165) is 4.86 Å². The maximum absolute atomic E-state index is 13.5. The van der Waals surface area contributed by atoms with Crippen molar-refractivity contribution >= 4 is 73.7 Å². The Morgan fingerprint density at radius 2 is 2.03 bits per heavy atom. The van der Waals surface area contributed by atoms with Crippen LogP contribution in [0.25, 0.3) is 5.82 Å². The lowest BCUT2D eigenvalue weighted by molar-refractivity contribution is 0.0938. The van der Waals surface area contributed by atoms with Crippen molar-refractivity contribution in [3.8, 4) is 11.7 Å². The standard InChI is InChI=1S/C23H20BrCl2N5O4S/c1-34-6-5-28-22(32)15-7-12(25)8-16(24)20(15)29-23(33)18-11-19(35-13-9-14(36)10-13)30-31(18)21-17(26)3-2-4-27-21/h2-4,7-8,11,13H,5-6,9-10H2,1H3,(H,28,32)(H,29,33). The molecule has 9 nitrogen and oxygen atoms in total. The zero-order chi connectivity index (χ0) is 25.8. The van der Waals surface area contributed by atoms with Crippen molar-refractivity contribution in [3.63, 3.8) is 0 Å². The van der Waals surface area contributed by atoms with Crippen molar-refractivity contribution in [2.75, 3.05) is 25.6 Å². The molecule has 36 heavy (non-hydrogen) atoms. The second-order valence-corrected chi connectivity index (χ2v) is 10.1. The van der Waals surface area contributed by atoms with Crippen LogP contribution >= 0.6 is 51.3 Å². The molecule has 0 saturated heterocycles. The van der Waals surface area contributed by atoms with Gasteiger partial charge in [-0.15, -0.1) is 5.10 Å². The van der Waals surface area contributed by atoms with Gasteiger partial charge in [-0.05, 0) is 40.2 Å². The number of aromatic nitrogens is 3. The molecular formula is C23H20BrCl2N5O4S. The summed E-state index contributed by atoms with van der Waals surface area (Å²) in [6.07, 6.45) is 2.72. The predicted octanol–water partition coefficient (Wildman–Crippen LogP) is 4.88. The van der Waals surface area contributed by atoms with Crippen molar-refractivity contribution in [3.05, 3.63) is 62.3 Å². The summed E-state index contributed by atoms with van der Waals surface area (Å²) in [5, 5.41) is 10.5. The van der Waals surface area contributed by atoms with E-state index in [4.69, 9.17) is 44.9 Å². The number of anilines is 1. The summed E-state index contributed by atoms with van der Waals surface area (Å²) < 4.78 is 12.6. The van der Waals surface area contributed by atoms with E-state index in [0.29, 0.717) is 28.9 Å². The van der Waals surface area contributed by atoms with Crippen LogP contribution in [0.5, 0.6) is 5.88 Å². The molecule has 0 unspecified atom stereocenters. The Hall–Kier alpha value is -2.57. The van der Waals surface area contributed by atoms with E-state index in [1.54, 1.807) is 18.2 Å². The zero-order valence-electron chi connectivity index (χ0n) is 18.9. The van der Waals surface area contributed by atoms with Gasteiger partial charge in [0.05, 0.1) is 22.9 Å². The second-order valence-electron chi connectivity index (χ2n) is 7.79. The third kappa shape index (κ3) is 6.04. The van der Waals surface area contributed by atoms with Crippen molar-refractivity contribution in [1.82, 2.24) is 20.1 Å². The van der Waals surface area contributed by atoms with Gasteiger partial charge in [0, 0.05) is 53.1 Å². The van der Waals surface area contributed by atoms with Crippen LogP contribution in [-0.4, -0.2) is 57.8 Å². The van der Waals surface area contributed by atoms with E-state index in [9.17, 15) is 9.59 Å². The summed E-state index contributed by atoms with van der Waals surface area (Å²) in [5.74, 6) is -0.535. The largest absolute Gasteiger partial charge is 0.473 e. The third-order valence-corrected chi connectivity index (χ3v) is 6.66. The number of nitrogens with zero attached hydrogens (tertiary/aromatic N) is 3. The molecule has 188 valence electrons. The summed E-state index contributed by atoms with van der Waals surface area (Å²) in [5.41, 5.74) is 0.492. The fraction of sp³-hybridized carbons (Fsp3) is 0.261. The molecule has 3 aromatic rings. The number of methoxy groups -OCH3 is 1. The molecule has 0 aliphatic heterocycles. The molecule has 0 bridgehead atoms. The number of ether oxygens (including phenoxy) is 2. The summed E-state index contributed by atoms with van der Waals surface area (Å²) in [6.45, 7) is 0.608. The first-order chi connectivity index (χ1) is 17.3. The normalized spacial score (nSPS) is 13.3. The SMILES string of the molecule is COCCNC(=O)c1cc(Cl)cc(Br)c1NC(=O)c1cc(OC2CC(=S)C2)nn1-c1ncccc1Cl. The quantitative estimate of drug-likeness (QED) is 0.262. The van der Waals surface area contributed by atoms with E-state index >= 15 is 0 Å². The number of pyridine rings is 1. The first-order valence-electron chi connectivity index (χ1n) is 10.7. The lowest BCUT2D eigenvalue weighted by atomic mass is 9.96. The minimum Gasteiger partial charge on any atom is -0.473 e. The highest BCUT2D eigenvalue weighted by Gasteiger charge is 2.28. The maximum Gasteiger partial charge on any atom is 0.274 e. The number of carbonyl (C=O) groups excluding carboxylic acids is 2. The molecule has 0 spiro atoms. The zero-order valence-corrected chi connectivity index (χ0v) is 22.8. The van der Waals surface area contributed by atoms with E-state index < -0.39 is 11.8 Å². The first-order valence-corrected chi connectivity index (χ1v) is 12.7. The Labute approximate surface area is 230 Å². The van der Waals surface area contributed by atoms with Gasteiger partial charge in [0.1, 0.15) is 11.8 Å². The molecule has 4 rings (SSSR count). The number of carbonyl (C=O) groups is 2. The molecule has 2 heterocycles. The van der Waals surface area contributed by atoms with Gasteiger partial charge in [-0.1, -0.05) is 35.4 Å². The van der Waals surface area contributed by atoms with Gasteiger partial charge in [0.25, 0.3) is 11.8 Å². The molecular weight excluding hydrogens is 593 g/mol. The van der Waals surface area contributed by atoms with Gasteiger partial charge in [-0.25, -0.2) is 9.67 Å². The van der Waals surface area contributed by atoms with Crippen LogP contribution in [0.3, 0.4) is 0 Å². The second kappa shape index (κ2) is 11.7. The summed E-state index contributed by atoms with van der Waals surface area (Å²) >= 11 is 21.1. The van der Waals surface area contributed by atoms with Crippen molar-refractivity contribution in [2.45, 2.75) is 18.9 Å². The Bertz CT molecular complexity index is 1330. The number of rotatable bonds is 9. The minimum absolute atomic E-state index is 0.0973. The third-order valence-electron chi connectivity index (χ3n) is 5.19.